The first-order valence-electron chi connectivity index (χ1n) is 12.2. The van der Waals surface area contributed by atoms with Crippen LogP contribution in [0, 0.1) is 34.5 Å². The highest BCUT2D eigenvalue weighted by Crippen LogP contribution is 2.30. The Hall–Kier alpha value is -3.56. The first-order valence-corrected chi connectivity index (χ1v) is 12.2. The molecule has 0 aromatic carbocycles. The van der Waals surface area contributed by atoms with Gasteiger partial charge in [-0.1, -0.05) is 12.1 Å². The van der Waals surface area contributed by atoms with Gasteiger partial charge in [-0.2, -0.15) is 14.9 Å². The van der Waals surface area contributed by atoms with E-state index in [1.165, 1.54) is 12.3 Å². The number of pyridine rings is 2. The van der Waals surface area contributed by atoms with E-state index in [0.29, 0.717) is 13.1 Å². The molecule has 0 unspecified atom stereocenters. The summed E-state index contributed by atoms with van der Waals surface area (Å²) in [5.74, 6) is -0.328. The molecule has 8 nitrogen and oxygen atoms in total. The van der Waals surface area contributed by atoms with E-state index in [1.54, 1.807) is 23.2 Å². The third kappa shape index (κ3) is 9.59. The predicted octanol–water partition coefficient (Wildman–Crippen LogP) is 4.60. The van der Waals surface area contributed by atoms with Crippen molar-refractivity contribution in [3.8, 4) is 12.1 Å². The largest absolute Gasteiger partial charge is 0.444 e. The Morgan fingerprint density at radius 3 is 2.11 bits per heavy atom. The van der Waals surface area contributed by atoms with Gasteiger partial charge in [0.05, 0.1) is 17.8 Å². The van der Waals surface area contributed by atoms with Crippen LogP contribution in [0.1, 0.15) is 52.1 Å². The van der Waals surface area contributed by atoms with Gasteiger partial charge >= 0.3 is 6.09 Å². The predicted molar refractivity (Wildman–Crippen MR) is 134 cm³/mol. The fourth-order valence-electron chi connectivity index (χ4n) is 3.78. The number of likely N-dealkylation sites (tertiary alicyclic amines) is 1. The summed E-state index contributed by atoms with van der Waals surface area (Å²) in [6.07, 6.45) is 6.15. The Morgan fingerprint density at radius 2 is 1.69 bits per heavy atom. The molecule has 0 spiro atoms. The zero-order chi connectivity index (χ0) is 26.4. The molecule has 0 aliphatic carbocycles. The highest BCUT2D eigenvalue weighted by Gasteiger charge is 2.35. The summed E-state index contributed by atoms with van der Waals surface area (Å²) in [5.41, 5.74) is 0.124. The van der Waals surface area contributed by atoms with Crippen LogP contribution >= 0.6 is 0 Å². The number of piperidine rings is 2. The third-order valence-corrected chi connectivity index (χ3v) is 5.78. The number of amides is 1. The van der Waals surface area contributed by atoms with Crippen molar-refractivity contribution in [2.45, 2.75) is 57.5 Å². The summed E-state index contributed by atoms with van der Waals surface area (Å²) in [7, 11) is 0. The van der Waals surface area contributed by atoms with Crippen molar-refractivity contribution in [3.63, 3.8) is 0 Å². The quantitative estimate of drug-likeness (QED) is 0.576. The van der Waals surface area contributed by atoms with Crippen molar-refractivity contribution < 1.29 is 13.9 Å². The van der Waals surface area contributed by atoms with Crippen molar-refractivity contribution in [2.24, 2.45) is 5.92 Å². The lowest BCUT2D eigenvalue weighted by Crippen LogP contribution is -2.41. The van der Waals surface area contributed by atoms with E-state index in [2.05, 4.69) is 27.4 Å². The number of rotatable bonds is 1. The summed E-state index contributed by atoms with van der Waals surface area (Å²) in [5, 5.41) is 21.3. The second-order valence-electron chi connectivity index (χ2n) is 9.68. The van der Waals surface area contributed by atoms with E-state index in [4.69, 9.17) is 10.00 Å². The summed E-state index contributed by atoms with van der Waals surface area (Å²) in [4.78, 5) is 20.9. The number of halogens is 1. The van der Waals surface area contributed by atoms with Gasteiger partial charge in [-0.25, -0.2) is 9.78 Å². The van der Waals surface area contributed by atoms with Crippen LogP contribution < -0.4 is 5.32 Å². The zero-order valence-electron chi connectivity index (χ0n) is 21.3. The van der Waals surface area contributed by atoms with E-state index >= 15 is 0 Å². The molecule has 0 radical (unpaired) electrons. The van der Waals surface area contributed by atoms with Crippen molar-refractivity contribution in [1.82, 2.24) is 20.2 Å². The summed E-state index contributed by atoms with van der Waals surface area (Å²) < 4.78 is 17.0. The fraction of sp³-hybridized carbons (Fsp3) is 0.519. The molecule has 2 fully saturated rings. The molecule has 192 valence electrons. The third-order valence-electron chi connectivity index (χ3n) is 5.78. The maximum Gasteiger partial charge on any atom is 0.410 e. The zero-order valence-corrected chi connectivity index (χ0v) is 21.3. The van der Waals surface area contributed by atoms with Crippen molar-refractivity contribution >= 4 is 6.09 Å². The van der Waals surface area contributed by atoms with Crippen LogP contribution in [0.15, 0.2) is 48.8 Å². The van der Waals surface area contributed by atoms with E-state index in [9.17, 15) is 14.4 Å². The minimum absolute atomic E-state index is 0.101. The van der Waals surface area contributed by atoms with Crippen molar-refractivity contribution in [2.75, 3.05) is 26.2 Å². The van der Waals surface area contributed by atoms with Crippen LogP contribution in [-0.2, 0) is 10.2 Å². The molecule has 4 rings (SSSR count). The maximum atomic E-state index is 11.8. The Morgan fingerprint density at radius 1 is 1.08 bits per heavy atom. The molecule has 9 heteroatoms. The van der Waals surface area contributed by atoms with Gasteiger partial charge in [-0.3, -0.25) is 4.98 Å². The fourth-order valence-corrected chi connectivity index (χ4v) is 3.78. The molecule has 36 heavy (non-hydrogen) atoms. The molecule has 0 bridgehead atoms. The van der Waals surface area contributed by atoms with Gasteiger partial charge in [-0.05, 0) is 83.8 Å². The average molecular weight is 495 g/mol. The number of nitrogens with zero attached hydrogens (tertiary/aromatic N) is 5. The molecule has 2 aromatic heterocycles. The number of hydrogen-bond donors (Lipinski definition) is 1. The van der Waals surface area contributed by atoms with Crippen LogP contribution in [-0.4, -0.2) is 52.7 Å². The molecule has 4 heterocycles. The van der Waals surface area contributed by atoms with Gasteiger partial charge in [0, 0.05) is 31.4 Å². The molecule has 2 aliphatic heterocycles. The molecule has 1 N–H and O–H groups in total. The minimum Gasteiger partial charge on any atom is -0.444 e. The summed E-state index contributed by atoms with van der Waals surface area (Å²) in [6.45, 7) is 8.64. The van der Waals surface area contributed by atoms with Gasteiger partial charge in [0.2, 0.25) is 5.95 Å². The lowest BCUT2D eigenvalue weighted by atomic mass is 9.77. The summed E-state index contributed by atoms with van der Waals surface area (Å²) in [6, 6.07) is 15.0. The number of carbonyl (C=O) groups is 1. The summed E-state index contributed by atoms with van der Waals surface area (Å²) >= 11 is 0. The standard InChI is InChI=1S/C11H13N3.C11H18N2O2.C5H4FN/c12-9-11(4-7-13-8-5-11)10-3-1-2-6-14-10;1-11(2,3)15-10(14)13-6-4-9(8-12)5-7-13;6-5-3-1-2-4-7-5/h1-3,6,13H,4-5,7-8H2;9H,4-7H2,1-3H3;1-4H. The first kappa shape index (κ1) is 28.7. The topological polar surface area (TPSA) is 115 Å². The second-order valence-corrected chi connectivity index (χ2v) is 9.68. The number of aromatic nitrogens is 2. The smallest absolute Gasteiger partial charge is 0.410 e. The Kier molecular flexibility index (Phi) is 11.2. The molecule has 1 amide bonds. The van der Waals surface area contributed by atoms with E-state index in [1.807, 2.05) is 39.0 Å². The van der Waals surface area contributed by atoms with Gasteiger partial charge in [-0.15, -0.1) is 0 Å². The van der Waals surface area contributed by atoms with Gasteiger partial charge < -0.3 is 15.0 Å². The Balaban J connectivity index is 0.000000202. The lowest BCUT2D eigenvalue weighted by molar-refractivity contribution is 0.0199. The van der Waals surface area contributed by atoms with E-state index in [-0.39, 0.29) is 17.4 Å². The van der Waals surface area contributed by atoms with E-state index in [0.717, 1.165) is 44.5 Å². The highest BCUT2D eigenvalue weighted by atomic mass is 19.1. The molecular formula is C27H35FN6O2. The molecule has 2 aliphatic rings. The van der Waals surface area contributed by atoms with Crippen LogP contribution in [0.5, 0.6) is 0 Å². The van der Waals surface area contributed by atoms with Crippen molar-refractivity contribution in [3.05, 3.63) is 60.4 Å². The lowest BCUT2D eigenvalue weighted by Gasteiger charge is -2.31. The number of ether oxygens (including phenoxy) is 1. The number of nitriles is 2. The number of nitrogens with one attached hydrogen (secondary N) is 1. The molecule has 2 aromatic rings. The Labute approximate surface area is 213 Å². The minimum atomic E-state index is -0.441. The van der Waals surface area contributed by atoms with Gasteiger partial charge in [0.1, 0.15) is 11.0 Å². The van der Waals surface area contributed by atoms with E-state index < -0.39 is 11.5 Å². The number of carbonyl (C=O) groups excluding carboxylic acids is 1. The van der Waals surface area contributed by atoms with Gasteiger partial charge in [0.15, 0.2) is 0 Å². The number of hydrogen-bond acceptors (Lipinski definition) is 7. The molecular weight excluding hydrogens is 459 g/mol. The highest BCUT2D eigenvalue weighted by molar-refractivity contribution is 5.68. The second kappa shape index (κ2) is 14.1. The van der Waals surface area contributed by atoms with Crippen molar-refractivity contribution in [1.29, 1.82) is 10.5 Å². The first-order chi connectivity index (χ1) is 17.2. The Bertz CT molecular complexity index is 1000. The van der Waals surface area contributed by atoms with Crippen LogP contribution in [0.4, 0.5) is 9.18 Å². The normalized spacial score (nSPS) is 17.1. The monoisotopic (exact) mass is 494 g/mol. The average Bonchev–Trinajstić information content (AvgIpc) is 2.90. The van der Waals surface area contributed by atoms with Gasteiger partial charge in [0.25, 0.3) is 0 Å². The van der Waals surface area contributed by atoms with Crippen LogP contribution in [0.2, 0.25) is 0 Å². The molecule has 0 saturated carbocycles. The van der Waals surface area contributed by atoms with Crippen LogP contribution in [0.3, 0.4) is 0 Å². The maximum absolute atomic E-state index is 11.8. The molecule has 2 saturated heterocycles. The van der Waals surface area contributed by atoms with Crippen LogP contribution in [0.25, 0.3) is 0 Å². The molecule has 0 atom stereocenters. The SMILES string of the molecule is CC(C)(C)OC(=O)N1CCC(C#N)CC1.Fc1ccccn1.N#CC1(c2ccccn2)CCNCC1.